The van der Waals surface area contributed by atoms with Crippen molar-refractivity contribution in [1.29, 1.82) is 0 Å². The van der Waals surface area contributed by atoms with E-state index in [1.165, 1.54) is 24.7 Å². The molecule has 0 saturated heterocycles. The predicted molar refractivity (Wildman–Crippen MR) is 107 cm³/mol. The summed E-state index contributed by atoms with van der Waals surface area (Å²) >= 11 is 0. The van der Waals surface area contributed by atoms with Crippen LogP contribution in [0, 0.1) is 0 Å². The van der Waals surface area contributed by atoms with Gasteiger partial charge < -0.3 is 14.6 Å². The molecule has 0 radical (unpaired) electrons. The van der Waals surface area contributed by atoms with Crippen LogP contribution in [-0.4, -0.2) is 27.9 Å². The monoisotopic (exact) mass is 397 g/mol. The van der Waals surface area contributed by atoms with E-state index in [0.29, 0.717) is 5.69 Å². The third kappa shape index (κ3) is 3.28. The Morgan fingerprint density at radius 3 is 2.50 bits per heavy atom. The molecule has 7 nitrogen and oxygen atoms in total. The number of furan rings is 1. The lowest BCUT2D eigenvalue weighted by Crippen LogP contribution is -2.19. The van der Waals surface area contributed by atoms with Crippen LogP contribution in [0.4, 0.5) is 17.1 Å². The second-order valence-electron chi connectivity index (χ2n) is 6.33. The summed E-state index contributed by atoms with van der Waals surface area (Å²) in [6.07, 6.45) is 0.932. The SMILES string of the molecule is CNS(=O)(=O)c1ccc(C(=O)Nc2ccccc2N2CCc3ccccc32)o1. The number of nitrogens with one attached hydrogen (secondary N) is 2. The van der Waals surface area contributed by atoms with Crippen LogP contribution in [0.3, 0.4) is 0 Å². The van der Waals surface area contributed by atoms with Crippen molar-refractivity contribution in [2.45, 2.75) is 11.5 Å². The van der Waals surface area contributed by atoms with E-state index in [4.69, 9.17) is 4.42 Å². The number of hydrogen-bond donors (Lipinski definition) is 2. The molecule has 0 saturated carbocycles. The molecular weight excluding hydrogens is 378 g/mol. The molecule has 1 aliphatic rings. The fourth-order valence-corrected chi connectivity index (χ4v) is 3.92. The van der Waals surface area contributed by atoms with Crippen LogP contribution in [-0.2, 0) is 16.4 Å². The van der Waals surface area contributed by atoms with Crippen LogP contribution in [0.25, 0.3) is 0 Å². The maximum absolute atomic E-state index is 12.6. The first kappa shape index (κ1) is 18.3. The Morgan fingerprint density at radius 2 is 1.71 bits per heavy atom. The highest BCUT2D eigenvalue weighted by Gasteiger charge is 2.24. The van der Waals surface area contributed by atoms with Crippen molar-refractivity contribution < 1.29 is 17.6 Å². The number of benzene rings is 2. The van der Waals surface area contributed by atoms with E-state index in [9.17, 15) is 13.2 Å². The third-order valence-corrected chi connectivity index (χ3v) is 5.96. The minimum atomic E-state index is -3.74. The van der Waals surface area contributed by atoms with Crippen LogP contribution < -0.4 is 14.9 Å². The van der Waals surface area contributed by atoms with Crippen LogP contribution >= 0.6 is 0 Å². The molecule has 0 unspecified atom stereocenters. The minimum absolute atomic E-state index is 0.0783. The third-order valence-electron chi connectivity index (χ3n) is 4.67. The first-order valence-electron chi connectivity index (χ1n) is 8.79. The molecular formula is C20H19N3O4S. The fraction of sp³-hybridized carbons (Fsp3) is 0.150. The molecule has 1 amide bonds. The molecule has 1 aliphatic heterocycles. The Balaban J connectivity index is 1.61. The lowest BCUT2D eigenvalue weighted by Gasteiger charge is -2.22. The van der Waals surface area contributed by atoms with Gasteiger partial charge in [-0.1, -0.05) is 30.3 Å². The highest BCUT2D eigenvalue weighted by Crippen LogP contribution is 2.38. The minimum Gasteiger partial charge on any atom is -0.438 e. The normalized spacial score (nSPS) is 13.4. The van der Waals surface area contributed by atoms with Crippen LogP contribution in [0.15, 0.2) is 70.2 Å². The van der Waals surface area contributed by atoms with E-state index in [1.54, 1.807) is 0 Å². The molecule has 0 fully saturated rings. The van der Waals surface area contributed by atoms with Gasteiger partial charge in [0.15, 0.2) is 5.76 Å². The Kier molecular flexibility index (Phi) is 4.66. The average molecular weight is 397 g/mol. The van der Waals surface area contributed by atoms with Crippen molar-refractivity contribution in [3.8, 4) is 0 Å². The van der Waals surface area contributed by atoms with Gasteiger partial charge in [-0.05, 0) is 49.4 Å². The van der Waals surface area contributed by atoms with Crippen molar-refractivity contribution in [2.24, 2.45) is 0 Å². The van der Waals surface area contributed by atoms with Crippen LogP contribution in [0.1, 0.15) is 16.1 Å². The molecule has 0 spiro atoms. The van der Waals surface area contributed by atoms with Gasteiger partial charge in [0.25, 0.3) is 15.9 Å². The smallest absolute Gasteiger partial charge is 0.291 e. The molecule has 3 aromatic rings. The molecule has 0 atom stereocenters. The summed E-state index contributed by atoms with van der Waals surface area (Å²) < 4.78 is 31.0. The first-order valence-corrected chi connectivity index (χ1v) is 10.3. The summed E-state index contributed by atoms with van der Waals surface area (Å²) in [7, 11) is -2.46. The summed E-state index contributed by atoms with van der Waals surface area (Å²) in [5.74, 6) is -0.595. The summed E-state index contributed by atoms with van der Waals surface area (Å²) in [5, 5.41) is 2.52. The van der Waals surface area contributed by atoms with Gasteiger partial charge in [-0.3, -0.25) is 4.79 Å². The van der Waals surface area contributed by atoms with Crippen molar-refractivity contribution in [3.05, 3.63) is 72.0 Å². The fourth-order valence-electron chi connectivity index (χ4n) is 3.27. The largest absolute Gasteiger partial charge is 0.438 e. The molecule has 0 bridgehead atoms. The zero-order chi connectivity index (χ0) is 19.7. The Hall–Kier alpha value is -3.10. The number of para-hydroxylation sites is 3. The summed E-state index contributed by atoms with van der Waals surface area (Å²) in [6.45, 7) is 0.817. The maximum atomic E-state index is 12.6. The van der Waals surface area contributed by atoms with E-state index >= 15 is 0 Å². The number of carbonyl (C=O) groups is 1. The quantitative estimate of drug-likeness (QED) is 0.690. The number of sulfonamides is 1. The lowest BCUT2D eigenvalue weighted by atomic mass is 10.1. The van der Waals surface area contributed by atoms with Crippen molar-refractivity contribution in [1.82, 2.24) is 4.72 Å². The van der Waals surface area contributed by atoms with Crippen molar-refractivity contribution in [2.75, 3.05) is 23.8 Å². The number of carbonyl (C=O) groups excluding carboxylic acids is 1. The van der Waals surface area contributed by atoms with Gasteiger partial charge in [0.2, 0.25) is 5.09 Å². The van der Waals surface area contributed by atoms with Crippen LogP contribution in [0.2, 0.25) is 0 Å². The standard InChI is InChI=1S/C20H19N3O4S/c1-21-28(25,26)19-11-10-18(27-19)20(24)22-15-7-3-5-9-17(15)23-13-12-14-6-2-4-8-16(14)23/h2-11,21H,12-13H2,1H3,(H,22,24). The number of hydrogen-bond acceptors (Lipinski definition) is 5. The number of nitrogens with zero attached hydrogens (tertiary/aromatic N) is 1. The molecule has 28 heavy (non-hydrogen) atoms. The summed E-state index contributed by atoms with van der Waals surface area (Å²) in [6, 6.07) is 18.3. The molecule has 2 aromatic carbocycles. The lowest BCUT2D eigenvalue weighted by molar-refractivity contribution is 0.0991. The van der Waals surface area contributed by atoms with Gasteiger partial charge >= 0.3 is 0 Å². The average Bonchev–Trinajstić information content (AvgIpc) is 3.36. The van der Waals surface area contributed by atoms with Crippen LogP contribution in [0.5, 0.6) is 0 Å². The number of fused-ring (bicyclic) bond motifs is 1. The van der Waals surface area contributed by atoms with E-state index in [0.717, 1.165) is 24.3 Å². The zero-order valence-electron chi connectivity index (χ0n) is 15.2. The van der Waals surface area contributed by atoms with Crippen molar-refractivity contribution >= 4 is 33.0 Å². The summed E-state index contributed by atoms with van der Waals surface area (Å²) in [4.78, 5) is 14.8. The van der Waals surface area contributed by atoms with Gasteiger partial charge in [0, 0.05) is 12.2 Å². The van der Waals surface area contributed by atoms with Gasteiger partial charge in [-0.15, -0.1) is 0 Å². The van der Waals surface area contributed by atoms with Gasteiger partial charge in [0.1, 0.15) is 0 Å². The van der Waals surface area contributed by atoms with E-state index in [1.807, 2.05) is 36.4 Å². The van der Waals surface area contributed by atoms with Gasteiger partial charge in [-0.2, -0.15) is 0 Å². The Morgan fingerprint density at radius 1 is 1.00 bits per heavy atom. The molecule has 1 aromatic heterocycles. The molecule has 2 heterocycles. The second-order valence-corrected chi connectivity index (χ2v) is 8.15. The molecule has 2 N–H and O–H groups in total. The number of amides is 1. The highest BCUT2D eigenvalue weighted by molar-refractivity contribution is 7.89. The Bertz CT molecular complexity index is 1140. The van der Waals surface area contributed by atoms with E-state index < -0.39 is 15.9 Å². The molecule has 0 aliphatic carbocycles. The topological polar surface area (TPSA) is 91.6 Å². The van der Waals surface area contributed by atoms with E-state index in [-0.39, 0.29) is 10.9 Å². The molecule has 8 heteroatoms. The highest BCUT2D eigenvalue weighted by atomic mass is 32.2. The predicted octanol–water partition coefficient (Wildman–Crippen LogP) is 3.13. The summed E-state index contributed by atoms with van der Waals surface area (Å²) in [5.41, 5.74) is 3.87. The van der Waals surface area contributed by atoms with E-state index in [2.05, 4.69) is 27.1 Å². The zero-order valence-corrected chi connectivity index (χ0v) is 16.0. The second kappa shape index (κ2) is 7.14. The molecule has 144 valence electrons. The Labute approximate surface area is 163 Å². The molecule has 4 rings (SSSR count). The first-order chi connectivity index (χ1) is 13.5. The van der Waals surface area contributed by atoms with Gasteiger partial charge in [-0.25, -0.2) is 13.1 Å². The van der Waals surface area contributed by atoms with Gasteiger partial charge in [0.05, 0.1) is 11.4 Å². The van der Waals surface area contributed by atoms with Crippen molar-refractivity contribution in [3.63, 3.8) is 0 Å². The number of rotatable bonds is 5. The number of anilines is 3. The maximum Gasteiger partial charge on any atom is 0.291 e.